The summed E-state index contributed by atoms with van der Waals surface area (Å²) < 4.78 is 0. The minimum Gasteiger partial charge on any atom is -0.357 e. The summed E-state index contributed by atoms with van der Waals surface area (Å²) in [7, 11) is 0. The van der Waals surface area contributed by atoms with Crippen LogP contribution in [0.2, 0.25) is 0 Å². The Balaban J connectivity index is 0.00000400. The minimum atomic E-state index is 0. The van der Waals surface area contributed by atoms with Crippen LogP contribution in [0, 0.1) is 5.92 Å². The summed E-state index contributed by atoms with van der Waals surface area (Å²) >= 11 is 0. The molecule has 2 N–H and O–H groups in total. The molecule has 0 spiro atoms. The Morgan fingerprint density at radius 3 is 2.33 bits per heavy atom. The first-order valence-electron chi connectivity index (χ1n) is 8.19. The highest BCUT2D eigenvalue weighted by Crippen LogP contribution is 2.11. The SMILES string of the molecule is CCNC(=NCC(C)CN1CCCCC1)NC(C)(C)C.I. The first kappa shape index (κ1) is 21.0. The summed E-state index contributed by atoms with van der Waals surface area (Å²) in [5, 5.41) is 6.76. The summed E-state index contributed by atoms with van der Waals surface area (Å²) in [4.78, 5) is 7.32. The molecule has 0 aliphatic carbocycles. The minimum absolute atomic E-state index is 0. The van der Waals surface area contributed by atoms with E-state index in [0.29, 0.717) is 5.92 Å². The Hall–Kier alpha value is -0.0400. The van der Waals surface area contributed by atoms with Crippen molar-refractivity contribution in [2.75, 3.05) is 32.7 Å². The largest absolute Gasteiger partial charge is 0.357 e. The third-order valence-electron chi connectivity index (χ3n) is 3.42. The lowest BCUT2D eigenvalue weighted by atomic mass is 10.1. The second kappa shape index (κ2) is 10.6. The second-order valence-electron chi connectivity index (χ2n) is 7.06. The van der Waals surface area contributed by atoms with Gasteiger partial charge in [0.1, 0.15) is 0 Å². The Kier molecular flexibility index (Phi) is 10.6. The molecule has 1 rings (SSSR count). The molecule has 0 aromatic heterocycles. The number of halogens is 1. The maximum Gasteiger partial charge on any atom is 0.191 e. The zero-order valence-corrected chi connectivity index (χ0v) is 16.9. The summed E-state index contributed by atoms with van der Waals surface area (Å²) in [6.45, 7) is 16.4. The van der Waals surface area contributed by atoms with Gasteiger partial charge in [-0.2, -0.15) is 0 Å². The van der Waals surface area contributed by atoms with Crippen molar-refractivity contribution in [1.29, 1.82) is 0 Å². The van der Waals surface area contributed by atoms with Crippen LogP contribution in [-0.4, -0.2) is 49.1 Å². The van der Waals surface area contributed by atoms with Crippen molar-refractivity contribution in [3.63, 3.8) is 0 Å². The molecule has 21 heavy (non-hydrogen) atoms. The maximum absolute atomic E-state index is 4.73. The molecule has 4 nitrogen and oxygen atoms in total. The van der Waals surface area contributed by atoms with Crippen molar-refractivity contribution < 1.29 is 0 Å². The Morgan fingerprint density at radius 2 is 1.81 bits per heavy atom. The summed E-state index contributed by atoms with van der Waals surface area (Å²) in [5.41, 5.74) is 0.0527. The Morgan fingerprint density at radius 1 is 1.19 bits per heavy atom. The Labute approximate surface area is 148 Å². The molecule has 1 unspecified atom stereocenters. The average Bonchev–Trinajstić information content (AvgIpc) is 2.36. The lowest BCUT2D eigenvalue weighted by Crippen LogP contribution is -2.47. The molecular weight excluding hydrogens is 375 g/mol. The molecule has 1 saturated heterocycles. The highest BCUT2D eigenvalue weighted by atomic mass is 127. The van der Waals surface area contributed by atoms with Gasteiger partial charge in [0.2, 0.25) is 0 Å². The molecule has 5 heteroatoms. The number of piperidine rings is 1. The number of rotatable bonds is 5. The second-order valence-corrected chi connectivity index (χ2v) is 7.06. The molecule has 1 atom stereocenters. The van der Waals surface area contributed by atoms with Gasteiger partial charge in [-0.15, -0.1) is 24.0 Å². The van der Waals surface area contributed by atoms with Gasteiger partial charge in [0, 0.05) is 25.2 Å². The highest BCUT2D eigenvalue weighted by molar-refractivity contribution is 14.0. The van der Waals surface area contributed by atoms with Crippen LogP contribution in [0.1, 0.15) is 53.9 Å². The summed E-state index contributed by atoms with van der Waals surface area (Å²) in [6.07, 6.45) is 4.14. The number of likely N-dealkylation sites (tertiary alicyclic amines) is 1. The van der Waals surface area contributed by atoms with Gasteiger partial charge in [0.15, 0.2) is 5.96 Å². The maximum atomic E-state index is 4.73. The quantitative estimate of drug-likeness (QED) is 0.416. The van der Waals surface area contributed by atoms with Crippen LogP contribution in [0.5, 0.6) is 0 Å². The van der Waals surface area contributed by atoms with Gasteiger partial charge >= 0.3 is 0 Å². The van der Waals surface area contributed by atoms with Crippen LogP contribution >= 0.6 is 24.0 Å². The first-order chi connectivity index (χ1) is 9.40. The molecule has 0 aromatic carbocycles. The van der Waals surface area contributed by atoms with E-state index in [0.717, 1.165) is 19.0 Å². The van der Waals surface area contributed by atoms with E-state index in [-0.39, 0.29) is 29.5 Å². The van der Waals surface area contributed by atoms with E-state index in [1.54, 1.807) is 0 Å². The standard InChI is InChI=1S/C16H34N4.HI/c1-6-17-15(19-16(3,4)5)18-12-14(2)13-20-10-8-7-9-11-20;/h14H,6-13H2,1-5H3,(H2,17,18,19);1H. The molecule has 126 valence electrons. The van der Waals surface area contributed by atoms with Crippen LogP contribution in [0.4, 0.5) is 0 Å². The predicted molar refractivity (Wildman–Crippen MR) is 104 cm³/mol. The topological polar surface area (TPSA) is 39.7 Å². The molecule has 0 aromatic rings. The van der Waals surface area contributed by atoms with Crippen LogP contribution in [0.25, 0.3) is 0 Å². The van der Waals surface area contributed by atoms with E-state index in [2.05, 4.69) is 50.2 Å². The van der Waals surface area contributed by atoms with Gasteiger partial charge in [-0.3, -0.25) is 4.99 Å². The fourth-order valence-corrected chi connectivity index (χ4v) is 2.55. The molecule has 0 amide bonds. The van der Waals surface area contributed by atoms with Crippen molar-refractivity contribution in [2.45, 2.75) is 59.4 Å². The average molecular weight is 410 g/mol. The van der Waals surface area contributed by atoms with E-state index in [1.165, 1.54) is 38.9 Å². The monoisotopic (exact) mass is 410 g/mol. The van der Waals surface area contributed by atoms with Crippen LogP contribution in [-0.2, 0) is 0 Å². The Bertz CT molecular complexity index is 293. The molecule has 1 aliphatic rings. The molecule has 0 bridgehead atoms. The van der Waals surface area contributed by atoms with E-state index in [9.17, 15) is 0 Å². The fourth-order valence-electron chi connectivity index (χ4n) is 2.55. The molecule has 1 heterocycles. The lowest BCUT2D eigenvalue weighted by Gasteiger charge is -2.29. The zero-order valence-electron chi connectivity index (χ0n) is 14.5. The number of hydrogen-bond donors (Lipinski definition) is 2. The smallest absolute Gasteiger partial charge is 0.191 e. The van der Waals surface area contributed by atoms with Gasteiger partial charge in [-0.05, 0) is 59.5 Å². The molecule has 1 aliphatic heterocycles. The van der Waals surface area contributed by atoms with Crippen molar-refractivity contribution >= 4 is 29.9 Å². The van der Waals surface area contributed by atoms with Crippen molar-refractivity contribution in [2.24, 2.45) is 10.9 Å². The predicted octanol–water partition coefficient (Wildman–Crippen LogP) is 3.08. The third-order valence-corrected chi connectivity index (χ3v) is 3.42. The van der Waals surface area contributed by atoms with Gasteiger partial charge in [-0.1, -0.05) is 13.3 Å². The van der Waals surface area contributed by atoms with Crippen LogP contribution in [0.15, 0.2) is 4.99 Å². The number of aliphatic imine (C=N–C) groups is 1. The third kappa shape index (κ3) is 10.3. The number of nitrogens with zero attached hydrogens (tertiary/aromatic N) is 2. The van der Waals surface area contributed by atoms with Gasteiger partial charge in [0.05, 0.1) is 0 Å². The summed E-state index contributed by atoms with van der Waals surface area (Å²) in [5.74, 6) is 1.55. The first-order valence-corrected chi connectivity index (χ1v) is 8.19. The van der Waals surface area contributed by atoms with Gasteiger partial charge < -0.3 is 15.5 Å². The molecular formula is C16H35IN4. The zero-order chi connectivity index (χ0) is 15.0. The van der Waals surface area contributed by atoms with Crippen LogP contribution in [0.3, 0.4) is 0 Å². The van der Waals surface area contributed by atoms with E-state index in [4.69, 9.17) is 4.99 Å². The van der Waals surface area contributed by atoms with Gasteiger partial charge in [0.25, 0.3) is 0 Å². The summed E-state index contributed by atoms with van der Waals surface area (Å²) in [6, 6.07) is 0. The van der Waals surface area contributed by atoms with Gasteiger partial charge in [-0.25, -0.2) is 0 Å². The number of guanidine groups is 1. The van der Waals surface area contributed by atoms with E-state index < -0.39 is 0 Å². The van der Waals surface area contributed by atoms with Crippen molar-refractivity contribution in [3.05, 3.63) is 0 Å². The van der Waals surface area contributed by atoms with E-state index in [1.807, 2.05) is 0 Å². The molecule has 0 saturated carbocycles. The van der Waals surface area contributed by atoms with Crippen molar-refractivity contribution in [3.8, 4) is 0 Å². The normalized spacial score (nSPS) is 18.8. The highest BCUT2D eigenvalue weighted by Gasteiger charge is 2.14. The fraction of sp³-hybridized carbons (Fsp3) is 0.938. The van der Waals surface area contributed by atoms with Crippen LogP contribution < -0.4 is 10.6 Å². The lowest BCUT2D eigenvalue weighted by molar-refractivity contribution is 0.203. The number of hydrogen-bond acceptors (Lipinski definition) is 2. The number of nitrogens with one attached hydrogen (secondary N) is 2. The van der Waals surface area contributed by atoms with Crippen molar-refractivity contribution in [1.82, 2.24) is 15.5 Å². The molecule has 1 fully saturated rings. The molecule has 0 radical (unpaired) electrons. The van der Waals surface area contributed by atoms with E-state index >= 15 is 0 Å².